The first kappa shape index (κ1) is 21.9. The highest BCUT2D eigenvalue weighted by molar-refractivity contribution is 6.32. The molecule has 1 N–H and O–H groups in total. The van der Waals surface area contributed by atoms with Crippen LogP contribution < -0.4 is 10.1 Å². The van der Waals surface area contributed by atoms with Gasteiger partial charge in [0.2, 0.25) is 5.91 Å². The first-order chi connectivity index (χ1) is 13.9. The summed E-state index contributed by atoms with van der Waals surface area (Å²) in [4.78, 5) is 28.6. The third-order valence-corrected chi connectivity index (χ3v) is 5.66. The molecular formula is C21H30ClN3O4. The van der Waals surface area contributed by atoms with Crippen LogP contribution in [0.15, 0.2) is 18.2 Å². The molecular weight excluding hydrogens is 394 g/mol. The van der Waals surface area contributed by atoms with Gasteiger partial charge in [0.1, 0.15) is 11.9 Å². The number of benzene rings is 1. The van der Waals surface area contributed by atoms with Crippen molar-refractivity contribution in [1.29, 1.82) is 0 Å². The fraction of sp³-hybridized carbons (Fsp3) is 0.619. The van der Waals surface area contributed by atoms with Crippen molar-refractivity contribution in [2.75, 3.05) is 53.5 Å². The predicted octanol–water partition coefficient (Wildman–Crippen LogP) is 2.04. The Labute approximate surface area is 177 Å². The summed E-state index contributed by atoms with van der Waals surface area (Å²) in [5.41, 5.74) is 0.514. The predicted molar refractivity (Wildman–Crippen MR) is 111 cm³/mol. The maximum absolute atomic E-state index is 12.5. The van der Waals surface area contributed by atoms with Crippen LogP contribution in [0.3, 0.4) is 0 Å². The average molecular weight is 424 g/mol. The lowest BCUT2D eigenvalue weighted by Gasteiger charge is -2.33. The quantitative estimate of drug-likeness (QED) is 0.726. The standard InChI is InChI=1S/C21H30ClN3O4/c1-24(2)11-8-23-20(26)15-3-4-19(18(22)13-15)29-17-5-9-25(10-6-17)21(27)16-7-12-28-14-16/h3-4,13,16-17H,5-12,14H2,1-2H3,(H,23,26)/t16-/m1/s1. The Bertz CT molecular complexity index is 714. The molecule has 2 heterocycles. The Morgan fingerprint density at radius 3 is 2.66 bits per heavy atom. The van der Waals surface area contributed by atoms with Crippen LogP contribution >= 0.6 is 11.6 Å². The normalized spacial score (nSPS) is 20.1. The number of likely N-dealkylation sites (N-methyl/N-ethyl adjacent to an activating group) is 1. The van der Waals surface area contributed by atoms with E-state index in [0.29, 0.717) is 49.2 Å². The zero-order valence-corrected chi connectivity index (χ0v) is 17.9. The van der Waals surface area contributed by atoms with Crippen LogP contribution in [0.1, 0.15) is 29.6 Å². The monoisotopic (exact) mass is 423 g/mol. The molecule has 0 radical (unpaired) electrons. The molecule has 0 spiro atoms. The first-order valence-electron chi connectivity index (χ1n) is 10.2. The number of halogens is 1. The van der Waals surface area contributed by atoms with Gasteiger partial charge >= 0.3 is 0 Å². The van der Waals surface area contributed by atoms with Crippen molar-refractivity contribution in [3.05, 3.63) is 28.8 Å². The molecule has 7 nitrogen and oxygen atoms in total. The fourth-order valence-electron chi connectivity index (χ4n) is 3.59. The fourth-order valence-corrected chi connectivity index (χ4v) is 3.82. The van der Waals surface area contributed by atoms with Gasteiger partial charge in [-0.25, -0.2) is 0 Å². The van der Waals surface area contributed by atoms with Gasteiger partial charge in [-0.15, -0.1) is 0 Å². The molecule has 3 rings (SSSR count). The van der Waals surface area contributed by atoms with Crippen molar-refractivity contribution < 1.29 is 19.1 Å². The van der Waals surface area contributed by atoms with E-state index in [-0.39, 0.29) is 23.8 Å². The summed E-state index contributed by atoms with van der Waals surface area (Å²) in [6.45, 7) is 3.94. The van der Waals surface area contributed by atoms with Gasteiger partial charge in [0.15, 0.2) is 0 Å². The van der Waals surface area contributed by atoms with E-state index in [9.17, 15) is 9.59 Å². The number of amides is 2. The van der Waals surface area contributed by atoms with Gasteiger partial charge in [-0.05, 0) is 38.7 Å². The number of nitrogens with zero attached hydrogens (tertiary/aromatic N) is 2. The number of likely N-dealkylation sites (tertiary alicyclic amines) is 1. The Kier molecular flexibility index (Phi) is 7.75. The number of hydrogen-bond acceptors (Lipinski definition) is 5. The number of rotatable bonds is 7. The van der Waals surface area contributed by atoms with Gasteiger partial charge in [-0.1, -0.05) is 11.6 Å². The Morgan fingerprint density at radius 1 is 1.28 bits per heavy atom. The van der Waals surface area contributed by atoms with E-state index in [2.05, 4.69) is 5.32 Å². The average Bonchev–Trinajstić information content (AvgIpc) is 3.24. The molecule has 1 atom stereocenters. The minimum Gasteiger partial charge on any atom is -0.489 e. The van der Waals surface area contributed by atoms with Gasteiger partial charge < -0.3 is 24.6 Å². The summed E-state index contributed by atoms with van der Waals surface area (Å²) in [5, 5.41) is 3.29. The van der Waals surface area contributed by atoms with Crippen molar-refractivity contribution in [2.45, 2.75) is 25.4 Å². The van der Waals surface area contributed by atoms with Gasteiger partial charge in [0.05, 0.1) is 17.5 Å². The van der Waals surface area contributed by atoms with Gasteiger partial charge in [-0.3, -0.25) is 9.59 Å². The van der Waals surface area contributed by atoms with Crippen LogP contribution in [0.25, 0.3) is 0 Å². The van der Waals surface area contributed by atoms with Crippen LogP contribution in [-0.4, -0.2) is 81.2 Å². The second-order valence-electron chi connectivity index (χ2n) is 7.91. The molecule has 0 saturated carbocycles. The van der Waals surface area contributed by atoms with Crippen molar-refractivity contribution in [2.24, 2.45) is 5.92 Å². The van der Waals surface area contributed by atoms with E-state index in [1.807, 2.05) is 23.9 Å². The van der Waals surface area contributed by atoms with Crippen LogP contribution in [0, 0.1) is 5.92 Å². The lowest BCUT2D eigenvalue weighted by atomic mass is 10.0. The van der Waals surface area contributed by atoms with E-state index in [0.717, 1.165) is 25.8 Å². The Hall–Kier alpha value is -1.83. The van der Waals surface area contributed by atoms with Crippen LogP contribution in [-0.2, 0) is 9.53 Å². The van der Waals surface area contributed by atoms with E-state index in [4.69, 9.17) is 21.1 Å². The molecule has 2 fully saturated rings. The van der Waals surface area contributed by atoms with Gasteiger partial charge in [0.25, 0.3) is 5.91 Å². The largest absolute Gasteiger partial charge is 0.489 e. The van der Waals surface area contributed by atoms with Gasteiger partial charge in [-0.2, -0.15) is 0 Å². The van der Waals surface area contributed by atoms with E-state index < -0.39 is 0 Å². The summed E-state index contributed by atoms with van der Waals surface area (Å²) in [5.74, 6) is 0.635. The molecule has 0 aliphatic carbocycles. The highest BCUT2D eigenvalue weighted by Gasteiger charge is 2.31. The smallest absolute Gasteiger partial charge is 0.251 e. The summed E-state index contributed by atoms with van der Waals surface area (Å²) in [7, 11) is 3.91. The Balaban J connectivity index is 1.48. The zero-order valence-electron chi connectivity index (χ0n) is 17.2. The molecule has 2 saturated heterocycles. The minimum absolute atomic E-state index is 0.0103. The van der Waals surface area contributed by atoms with Crippen molar-refractivity contribution in [3.63, 3.8) is 0 Å². The topological polar surface area (TPSA) is 71.1 Å². The second-order valence-corrected chi connectivity index (χ2v) is 8.31. The zero-order chi connectivity index (χ0) is 20.8. The van der Waals surface area contributed by atoms with Crippen LogP contribution in [0.4, 0.5) is 0 Å². The molecule has 160 valence electrons. The molecule has 2 aliphatic heterocycles. The molecule has 1 aromatic carbocycles. The SMILES string of the molecule is CN(C)CCNC(=O)c1ccc(OC2CCN(C(=O)[C@@H]3CCOC3)CC2)c(Cl)c1. The maximum Gasteiger partial charge on any atom is 0.251 e. The van der Waals surface area contributed by atoms with Crippen molar-refractivity contribution in [3.8, 4) is 5.75 Å². The molecule has 2 aliphatic rings. The second kappa shape index (κ2) is 10.3. The van der Waals surface area contributed by atoms with E-state index >= 15 is 0 Å². The maximum atomic E-state index is 12.5. The third kappa shape index (κ3) is 6.07. The number of carbonyl (C=O) groups is 2. The highest BCUT2D eigenvalue weighted by Crippen LogP contribution is 2.29. The molecule has 0 unspecified atom stereocenters. The van der Waals surface area contributed by atoms with E-state index in [1.54, 1.807) is 18.2 Å². The van der Waals surface area contributed by atoms with Crippen molar-refractivity contribution >= 4 is 23.4 Å². The highest BCUT2D eigenvalue weighted by atomic mass is 35.5. The molecule has 0 bridgehead atoms. The number of piperidine rings is 1. The minimum atomic E-state index is -0.150. The summed E-state index contributed by atoms with van der Waals surface area (Å²) in [6, 6.07) is 5.11. The van der Waals surface area contributed by atoms with Crippen LogP contribution in [0.2, 0.25) is 5.02 Å². The van der Waals surface area contributed by atoms with Crippen LogP contribution in [0.5, 0.6) is 5.75 Å². The lowest BCUT2D eigenvalue weighted by molar-refractivity contribution is -0.137. The summed E-state index contributed by atoms with van der Waals surface area (Å²) in [6.07, 6.45) is 2.36. The third-order valence-electron chi connectivity index (χ3n) is 5.36. The number of hydrogen-bond donors (Lipinski definition) is 1. The molecule has 0 aromatic heterocycles. The number of nitrogens with one attached hydrogen (secondary N) is 1. The molecule has 8 heteroatoms. The molecule has 1 aromatic rings. The first-order valence-corrected chi connectivity index (χ1v) is 10.6. The van der Waals surface area contributed by atoms with Gasteiger partial charge in [0, 0.05) is 51.2 Å². The Morgan fingerprint density at radius 2 is 2.03 bits per heavy atom. The van der Waals surface area contributed by atoms with E-state index in [1.165, 1.54) is 0 Å². The molecule has 29 heavy (non-hydrogen) atoms. The molecule has 2 amide bonds. The number of carbonyl (C=O) groups excluding carboxylic acids is 2. The summed E-state index contributed by atoms with van der Waals surface area (Å²) < 4.78 is 11.4. The van der Waals surface area contributed by atoms with Crippen molar-refractivity contribution in [1.82, 2.24) is 15.1 Å². The number of ether oxygens (including phenoxy) is 2. The lowest BCUT2D eigenvalue weighted by Crippen LogP contribution is -2.44. The summed E-state index contributed by atoms with van der Waals surface area (Å²) >= 11 is 6.35.